The van der Waals surface area contributed by atoms with Crippen molar-refractivity contribution in [3.8, 4) is 16.9 Å². The minimum Gasteiger partial charge on any atom is -0.483 e. The molecule has 1 aromatic heterocycles. The zero-order valence-electron chi connectivity index (χ0n) is 16.5. The Balaban J connectivity index is 1.32. The van der Waals surface area contributed by atoms with Crippen molar-refractivity contribution in [2.24, 2.45) is 0 Å². The first-order chi connectivity index (χ1) is 14.8. The highest BCUT2D eigenvalue weighted by Crippen LogP contribution is 2.36. The van der Waals surface area contributed by atoms with Crippen LogP contribution in [0.1, 0.15) is 23.9 Å². The number of thiazole rings is 1. The molecule has 3 aromatic carbocycles. The second-order valence-electron chi connectivity index (χ2n) is 7.42. The van der Waals surface area contributed by atoms with Gasteiger partial charge in [0.05, 0.1) is 16.3 Å². The van der Waals surface area contributed by atoms with Crippen LogP contribution in [0.25, 0.3) is 21.3 Å². The predicted octanol–water partition coefficient (Wildman–Crippen LogP) is 5.71. The van der Waals surface area contributed by atoms with E-state index in [9.17, 15) is 4.79 Å². The smallest absolute Gasteiger partial charge is 0.261 e. The summed E-state index contributed by atoms with van der Waals surface area (Å²) in [7, 11) is 0. The Morgan fingerprint density at radius 2 is 1.77 bits per heavy atom. The van der Waals surface area contributed by atoms with Crippen molar-refractivity contribution in [1.29, 1.82) is 0 Å². The van der Waals surface area contributed by atoms with Gasteiger partial charge in [-0.15, -0.1) is 11.3 Å². The summed E-state index contributed by atoms with van der Waals surface area (Å²) in [5.41, 5.74) is 3.08. The quantitative estimate of drug-likeness (QED) is 0.420. The van der Waals surface area contributed by atoms with Crippen LogP contribution >= 0.6 is 11.3 Å². The Labute approximate surface area is 179 Å². The Bertz CT molecular complexity index is 1140. The van der Waals surface area contributed by atoms with Crippen LogP contribution in [0, 0.1) is 0 Å². The van der Waals surface area contributed by atoms with Crippen LogP contribution in [0.2, 0.25) is 0 Å². The zero-order chi connectivity index (χ0) is 20.3. The molecule has 1 fully saturated rings. The van der Waals surface area contributed by atoms with Crippen molar-refractivity contribution >= 4 is 27.5 Å². The van der Waals surface area contributed by atoms with E-state index in [0.717, 1.165) is 46.8 Å². The van der Waals surface area contributed by atoms with Crippen molar-refractivity contribution < 1.29 is 9.53 Å². The number of aromatic nitrogens is 1. The Morgan fingerprint density at radius 1 is 1.00 bits per heavy atom. The van der Waals surface area contributed by atoms with E-state index in [0.29, 0.717) is 0 Å². The molecule has 1 unspecified atom stereocenters. The molecule has 1 amide bonds. The summed E-state index contributed by atoms with van der Waals surface area (Å²) < 4.78 is 7.17. The minimum absolute atomic E-state index is 0.0135. The van der Waals surface area contributed by atoms with Crippen LogP contribution < -0.4 is 4.74 Å². The third-order valence-corrected chi connectivity index (χ3v) is 6.63. The van der Waals surface area contributed by atoms with Crippen LogP contribution in [0.3, 0.4) is 0 Å². The number of fused-ring (bicyclic) bond motifs is 1. The molecule has 5 heteroatoms. The second-order valence-corrected chi connectivity index (χ2v) is 8.48. The Kier molecular flexibility index (Phi) is 5.20. The molecule has 0 aliphatic carbocycles. The van der Waals surface area contributed by atoms with E-state index in [4.69, 9.17) is 9.72 Å². The summed E-state index contributed by atoms with van der Waals surface area (Å²) in [6, 6.07) is 26.2. The van der Waals surface area contributed by atoms with Gasteiger partial charge in [-0.05, 0) is 36.6 Å². The van der Waals surface area contributed by atoms with Gasteiger partial charge in [-0.3, -0.25) is 4.79 Å². The monoisotopic (exact) mass is 414 g/mol. The molecule has 4 nitrogen and oxygen atoms in total. The standard InChI is InChI=1S/C25H22N2O2S/c28-24(17-29-22-14-6-4-11-19(22)18-9-2-1-3-10-18)27-16-8-13-21(27)25-26-20-12-5-7-15-23(20)30-25/h1-7,9-12,14-15,21H,8,13,16-17H2. The van der Waals surface area contributed by atoms with E-state index < -0.39 is 0 Å². The summed E-state index contributed by atoms with van der Waals surface area (Å²) in [4.78, 5) is 19.8. The molecule has 150 valence electrons. The topological polar surface area (TPSA) is 42.4 Å². The van der Waals surface area contributed by atoms with Gasteiger partial charge in [0.2, 0.25) is 0 Å². The number of amides is 1. The van der Waals surface area contributed by atoms with Crippen molar-refractivity contribution in [2.45, 2.75) is 18.9 Å². The van der Waals surface area contributed by atoms with E-state index in [1.165, 1.54) is 4.70 Å². The average molecular weight is 415 g/mol. The lowest BCUT2D eigenvalue weighted by Gasteiger charge is -2.23. The molecule has 5 rings (SSSR count). The summed E-state index contributed by atoms with van der Waals surface area (Å²) in [5.74, 6) is 0.743. The molecule has 1 aliphatic heterocycles. The molecule has 4 aromatic rings. The number of rotatable bonds is 5. The number of hydrogen-bond donors (Lipinski definition) is 0. The van der Waals surface area contributed by atoms with Gasteiger partial charge >= 0.3 is 0 Å². The van der Waals surface area contributed by atoms with Crippen LogP contribution in [0.5, 0.6) is 5.75 Å². The van der Waals surface area contributed by atoms with Crippen molar-refractivity contribution in [3.63, 3.8) is 0 Å². The molecule has 0 N–H and O–H groups in total. The minimum atomic E-state index is 0.0135. The molecular formula is C25H22N2O2S. The van der Waals surface area contributed by atoms with E-state index in [1.807, 2.05) is 77.7 Å². The molecule has 0 bridgehead atoms. The molecule has 0 radical (unpaired) electrons. The number of likely N-dealkylation sites (tertiary alicyclic amines) is 1. The highest BCUT2D eigenvalue weighted by molar-refractivity contribution is 7.18. The largest absolute Gasteiger partial charge is 0.483 e. The average Bonchev–Trinajstić information content (AvgIpc) is 3.45. The van der Waals surface area contributed by atoms with Gasteiger partial charge in [0.15, 0.2) is 6.61 Å². The van der Waals surface area contributed by atoms with Gasteiger partial charge in [-0.25, -0.2) is 4.98 Å². The van der Waals surface area contributed by atoms with Gasteiger partial charge in [0, 0.05) is 12.1 Å². The van der Waals surface area contributed by atoms with Gasteiger partial charge in [-0.1, -0.05) is 60.7 Å². The first-order valence-electron chi connectivity index (χ1n) is 10.2. The zero-order valence-corrected chi connectivity index (χ0v) is 17.3. The summed E-state index contributed by atoms with van der Waals surface area (Å²) in [6.45, 7) is 0.786. The van der Waals surface area contributed by atoms with Gasteiger partial charge in [0.25, 0.3) is 5.91 Å². The van der Waals surface area contributed by atoms with Crippen molar-refractivity contribution in [3.05, 3.63) is 83.9 Å². The SMILES string of the molecule is O=C(COc1ccccc1-c1ccccc1)N1CCCC1c1nc2ccccc2s1. The van der Waals surface area contributed by atoms with E-state index in [2.05, 4.69) is 6.07 Å². The Hall–Kier alpha value is -3.18. The fourth-order valence-corrected chi connectivity index (χ4v) is 5.14. The van der Waals surface area contributed by atoms with Gasteiger partial charge < -0.3 is 9.64 Å². The van der Waals surface area contributed by atoms with E-state index in [-0.39, 0.29) is 18.6 Å². The normalized spacial score (nSPS) is 16.1. The summed E-state index contributed by atoms with van der Waals surface area (Å²) >= 11 is 1.68. The molecule has 30 heavy (non-hydrogen) atoms. The molecule has 2 heterocycles. The molecule has 1 saturated heterocycles. The third-order valence-electron chi connectivity index (χ3n) is 5.49. The second kappa shape index (κ2) is 8.28. The van der Waals surface area contributed by atoms with Crippen molar-refractivity contribution in [2.75, 3.05) is 13.2 Å². The highest BCUT2D eigenvalue weighted by atomic mass is 32.1. The summed E-state index contributed by atoms with van der Waals surface area (Å²) in [5, 5.41) is 1.02. The van der Waals surface area contributed by atoms with Crippen molar-refractivity contribution in [1.82, 2.24) is 9.88 Å². The molecule has 0 spiro atoms. The first kappa shape index (κ1) is 18.8. The number of nitrogens with zero attached hydrogens (tertiary/aromatic N) is 2. The van der Waals surface area contributed by atoms with E-state index in [1.54, 1.807) is 11.3 Å². The number of ether oxygens (including phenoxy) is 1. The number of hydrogen-bond acceptors (Lipinski definition) is 4. The van der Waals surface area contributed by atoms with Crippen LogP contribution in [-0.2, 0) is 4.79 Å². The van der Waals surface area contributed by atoms with Crippen LogP contribution in [0.15, 0.2) is 78.9 Å². The fraction of sp³-hybridized carbons (Fsp3) is 0.200. The lowest BCUT2D eigenvalue weighted by atomic mass is 10.1. The number of carbonyl (C=O) groups is 1. The lowest BCUT2D eigenvalue weighted by Crippen LogP contribution is -2.34. The lowest BCUT2D eigenvalue weighted by molar-refractivity contribution is -0.134. The molecular weight excluding hydrogens is 392 g/mol. The maximum absolute atomic E-state index is 13.0. The molecule has 1 atom stereocenters. The van der Waals surface area contributed by atoms with Crippen LogP contribution in [-0.4, -0.2) is 28.9 Å². The first-order valence-corrected chi connectivity index (χ1v) is 11.0. The molecule has 0 saturated carbocycles. The van der Waals surface area contributed by atoms with Gasteiger partial charge in [-0.2, -0.15) is 0 Å². The predicted molar refractivity (Wildman–Crippen MR) is 121 cm³/mol. The number of carbonyl (C=O) groups excluding carboxylic acids is 1. The third kappa shape index (κ3) is 3.68. The van der Waals surface area contributed by atoms with Crippen LogP contribution in [0.4, 0.5) is 0 Å². The van der Waals surface area contributed by atoms with E-state index >= 15 is 0 Å². The number of para-hydroxylation sites is 2. The number of benzene rings is 3. The Morgan fingerprint density at radius 3 is 2.63 bits per heavy atom. The van der Waals surface area contributed by atoms with Gasteiger partial charge in [0.1, 0.15) is 10.8 Å². The maximum Gasteiger partial charge on any atom is 0.261 e. The maximum atomic E-state index is 13.0. The highest BCUT2D eigenvalue weighted by Gasteiger charge is 2.32. The molecule has 1 aliphatic rings. The summed E-state index contributed by atoms with van der Waals surface area (Å²) in [6.07, 6.45) is 1.94. The fourth-order valence-electron chi connectivity index (χ4n) is 4.03.